The topological polar surface area (TPSA) is 12.5 Å². The first-order valence-electron chi connectivity index (χ1n) is 4.25. The van der Waals surface area contributed by atoms with Crippen LogP contribution in [0.3, 0.4) is 0 Å². The number of rotatable bonds is 3. The molecule has 0 aromatic carbocycles. The maximum absolute atomic E-state index is 5.03. The van der Waals surface area contributed by atoms with Crippen LogP contribution in [-0.2, 0) is 3.07 Å². The van der Waals surface area contributed by atoms with E-state index in [1.54, 1.807) is 0 Å². The number of halogens is 1. The third kappa shape index (κ3) is 3.71. The molecule has 0 bridgehead atoms. The first kappa shape index (κ1) is 9.74. The van der Waals surface area contributed by atoms with Gasteiger partial charge in [0.1, 0.15) is 23.0 Å². The normalized spacial score (nSPS) is 22.4. The fraction of sp³-hybridized carbons (Fsp3) is 1.00. The summed E-state index contributed by atoms with van der Waals surface area (Å²) < 4.78 is 5.03. The van der Waals surface area contributed by atoms with Gasteiger partial charge in [0, 0.05) is 0 Å². The first-order valence-corrected chi connectivity index (χ1v) is 5.13. The molecule has 2 nitrogen and oxygen atoms in total. The van der Waals surface area contributed by atoms with Crippen LogP contribution < -0.4 is 0 Å². The van der Waals surface area contributed by atoms with Gasteiger partial charge in [-0.25, -0.2) is 0 Å². The van der Waals surface area contributed by atoms with Gasteiger partial charge in [-0.05, 0) is 45.3 Å². The Morgan fingerprint density at radius 2 is 2.09 bits per heavy atom. The van der Waals surface area contributed by atoms with Gasteiger partial charge in [0.05, 0.1) is 6.61 Å². The predicted octanol–water partition coefficient (Wildman–Crippen LogP) is 2.08. The molecule has 0 N–H and O–H groups in total. The van der Waals surface area contributed by atoms with E-state index in [1.807, 2.05) is 23.0 Å². The first-order chi connectivity index (χ1) is 5.33. The van der Waals surface area contributed by atoms with E-state index in [1.165, 1.54) is 32.4 Å². The van der Waals surface area contributed by atoms with E-state index in [0.717, 1.165) is 12.5 Å². The van der Waals surface area contributed by atoms with Crippen LogP contribution in [0.1, 0.15) is 19.3 Å². The Kier molecular flexibility index (Phi) is 4.71. The van der Waals surface area contributed by atoms with Crippen molar-refractivity contribution >= 4 is 23.0 Å². The van der Waals surface area contributed by atoms with Crippen molar-refractivity contribution in [3.63, 3.8) is 0 Å². The molecule has 1 rings (SSSR count). The second-order valence-corrected chi connectivity index (χ2v) is 3.97. The number of hydrogen-bond donors (Lipinski definition) is 0. The van der Waals surface area contributed by atoms with Crippen molar-refractivity contribution in [2.45, 2.75) is 19.3 Å². The monoisotopic (exact) mass is 269 g/mol. The third-order valence-corrected chi connectivity index (χ3v) is 2.88. The summed E-state index contributed by atoms with van der Waals surface area (Å²) in [5, 5.41) is 0. The minimum Gasteiger partial charge on any atom is -0.316 e. The van der Waals surface area contributed by atoms with Gasteiger partial charge in [0.15, 0.2) is 0 Å². The van der Waals surface area contributed by atoms with Crippen molar-refractivity contribution in [3.8, 4) is 0 Å². The lowest BCUT2D eigenvalue weighted by Gasteiger charge is -2.28. The Hall–Kier alpha value is 0.650. The Morgan fingerprint density at radius 3 is 2.64 bits per heavy atom. The van der Waals surface area contributed by atoms with Crippen LogP contribution in [0.2, 0.25) is 0 Å². The molecule has 0 radical (unpaired) electrons. The summed E-state index contributed by atoms with van der Waals surface area (Å²) >= 11 is 1.98. The second kappa shape index (κ2) is 5.32. The van der Waals surface area contributed by atoms with Gasteiger partial charge in [0.25, 0.3) is 0 Å². The lowest BCUT2D eigenvalue weighted by Crippen LogP contribution is -2.30. The smallest absolute Gasteiger partial charge is 0.109 e. The minimum absolute atomic E-state index is 0.918. The molecule has 0 saturated carbocycles. The van der Waals surface area contributed by atoms with Crippen molar-refractivity contribution in [1.82, 2.24) is 4.90 Å². The highest BCUT2D eigenvalue weighted by Crippen LogP contribution is 2.19. The molecule has 11 heavy (non-hydrogen) atoms. The fourth-order valence-electron chi connectivity index (χ4n) is 1.56. The SMILES string of the molecule is CN1CCC(CCOI)CC1. The predicted molar refractivity (Wildman–Crippen MR) is 54.8 cm³/mol. The lowest BCUT2D eigenvalue weighted by molar-refractivity contribution is 0.199. The molecule has 3 heteroatoms. The van der Waals surface area contributed by atoms with E-state index in [4.69, 9.17) is 3.07 Å². The molecule has 0 amide bonds. The van der Waals surface area contributed by atoms with Gasteiger partial charge in [-0.3, -0.25) is 0 Å². The molecule has 0 spiro atoms. The molecule has 1 heterocycles. The zero-order valence-corrected chi connectivity index (χ0v) is 9.21. The van der Waals surface area contributed by atoms with E-state index in [-0.39, 0.29) is 0 Å². The zero-order chi connectivity index (χ0) is 8.10. The van der Waals surface area contributed by atoms with Gasteiger partial charge in [-0.2, -0.15) is 0 Å². The van der Waals surface area contributed by atoms with Crippen LogP contribution in [0, 0.1) is 5.92 Å². The summed E-state index contributed by atoms with van der Waals surface area (Å²) in [6, 6.07) is 0. The van der Waals surface area contributed by atoms with Gasteiger partial charge < -0.3 is 7.97 Å². The molecular weight excluding hydrogens is 253 g/mol. The Bertz CT molecular complexity index is 99.5. The molecule has 1 fully saturated rings. The molecule has 0 aliphatic carbocycles. The maximum atomic E-state index is 5.03. The van der Waals surface area contributed by atoms with E-state index in [2.05, 4.69) is 11.9 Å². The Morgan fingerprint density at radius 1 is 1.45 bits per heavy atom. The van der Waals surface area contributed by atoms with Crippen LogP contribution in [0.4, 0.5) is 0 Å². The quantitative estimate of drug-likeness (QED) is 0.727. The maximum Gasteiger partial charge on any atom is 0.109 e. The summed E-state index contributed by atoms with van der Waals surface area (Å²) in [6.07, 6.45) is 3.96. The third-order valence-electron chi connectivity index (χ3n) is 2.44. The molecule has 0 unspecified atom stereocenters. The molecular formula is C8H16INO. The molecule has 1 aliphatic heterocycles. The highest BCUT2D eigenvalue weighted by Gasteiger charge is 2.15. The number of piperidine rings is 1. The Balaban J connectivity index is 2.07. The van der Waals surface area contributed by atoms with E-state index >= 15 is 0 Å². The summed E-state index contributed by atoms with van der Waals surface area (Å²) in [5.41, 5.74) is 0. The largest absolute Gasteiger partial charge is 0.316 e. The average Bonchev–Trinajstić information content (AvgIpc) is 2.04. The average molecular weight is 269 g/mol. The number of nitrogens with zero attached hydrogens (tertiary/aromatic N) is 1. The van der Waals surface area contributed by atoms with Crippen LogP contribution in [0.5, 0.6) is 0 Å². The highest BCUT2D eigenvalue weighted by molar-refractivity contribution is 14.1. The van der Waals surface area contributed by atoms with Crippen molar-refractivity contribution in [2.24, 2.45) is 5.92 Å². The van der Waals surface area contributed by atoms with Crippen molar-refractivity contribution in [3.05, 3.63) is 0 Å². The second-order valence-electron chi connectivity index (χ2n) is 3.35. The molecule has 1 saturated heterocycles. The molecule has 0 aromatic rings. The minimum atomic E-state index is 0.918. The van der Waals surface area contributed by atoms with Crippen LogP contribution in [-0.4, -0.2) is 31.6 Å². The van der Waals surface area contributed by atoms with Gasteiger partial charge in [0.2, 0.25) is 0 Å². The molecule has 1 aliphatic rings. The fourth-order valence-corrected chi connectivity index (χ4v) is 1.82. The Labute approximate surface area is 83.0 Å². The lowest BCUT2D eigenvalue weighted by atomic mass is 9.94. The molecule has 0 aromatic heterocycles. The van der Waals surface area contributed by atoms with Crippen LogP contribution >= 0.6 is 23.0 Å². The standard InChI is InChI=1S/C8H16INO/c1-10-5-2-8(3-6-10)4-7-11-9/h8H,2-7H2,1H3. The summed E-state index contributed by atoms with van der Waals surface area (Å²) in [7, 11) is 2.20. The molecule has 0 atom stereocenters. The molecule has 66 valence electrons. The van der Waals surface area contributed by atoms with Crippen LogP contribution in [0.15, 0.2) is 0 Å². The summed E-state index contributed by atoms with van der Waals surface area (Å²) in [4.78, 5) is 2.40. The van der Waals surface area contributed by atoms with E-state index in [9.17, 15) is 0 Å². The van der Waals surface area contributed by atoms with E-state index < -0.39 is 0 Å². The van der Waals surface area contributed by atoms with Crippen LogP contribution in [0.25, 0.3) is 0 Å². The van der Waals surface area contributed by atoms with Crippen molar-refractivity contribution in [2.75, 3.05) is 26.7 Å². The van der Waals surface area contributed by atoms with Gasteiger partial charge >= 0.3 is 0 Å². The number of hydrogen-bond acceptors (Lipinski definition) is 2. The number of likely N-dealkylation sites (tertiary alicyclic amines) is 1. The summed E-state index contributed by atoms with van der Waals surface area (Å²) in [5.74, 6) is 0.918. The van der Waals surface area contributed by atoms with Gasteiger partial charge in [-0.1, -0.05) is 0 Å². The van der Waals surface area contributed by atoms with Crippen molar-refractivity contribution in [1.29, 1.82) is 0 Å². The summed E-state index contributed by atoms with van der Waals surface area (Å²) in [6.45, 7) is 3.47. The van der Waals surface area contributed by atoms with E-state index in [0.29, 0.717) is 0 Å². The van der Waals surface area contributed by atoms with Gasteiger partial charge in [-0.15, -0.1) is 0 Å². The zero-order valence-electron chi connectivity index (χ0n) is 7.05. The van der Waals surface area contributed by atoms with Crippen molar-refractivity contribution < 1.29 is 3.07 Å². The highest BCUT2D eigenvalue weighted by atomic mass is 127.